The highest BCUT2D eigenvalue weighted by Gasteiger charge is 2.04. The van der Waals surface area contributed by atoms with Crippen molar-refractivity contribution >= 4 is 22.6 Å². The van der Waals surface area contributed by atoms with Crippen LogP contribution in [0.4, 0.5) is 8.78 Å². The monoisotopic (exact) mass is 348 g/mol. The molecule has 88 valence electrons. The van der Waals surface area contributed by atoms with E-state index in [2.05, 4.69) is 5.10 Å². The molecule has 1 aromatic heterocycles. The van der Waals surface area contributed by atoms with Gasteiger partial charge in [-0.05, 0) is 40.3 Å². The molecular formula is C11H7F2IN2O. The molecule has 6 heteroatoms. The number of rotatable bonds is 2. The van der Waals surface area contributed by atoms with Gasteiger partial charge in [0.2, 0.25) is 0 Å². The van der Waals surface area contributed by atoms with Gasteiger partial charge in [0, 0.05) is 9.64 Å². The summed E-state index contributed by atoms with van der Waals surface area (Å²) in [6.45, 7) is 0.118. The van der Waals surface area contributed by atoms with Crippen molar-refractivity contribution in [3.8, 4) is 0 Å². The summed E-state index contributed by atoms with van der Waals surface area (Å²) in [5.74, 6) is -1.84. The minimum Gasteiger partial charge on any atom is -0.268 e. The van der Waals surface area contributed by atoms with Crippen LogP contribution in [0.2, 0.25) is 0 Å². The van der Waals surface area contributed by atoms with Crippen molar-refractivity contribution in [1.82, 2.24) is 9.78 Å². The highest BCUT2D eigenvalue weighted by molar-refractivity contribution is 14.1. The fourth-order valence-electron chi connectivity index (χ4n) is 1.34. The van der Waals surface area contributed by atoms with Crippen LogP contribution in [0.1, 0.15) is 5.56 Å². The number of benzene rings is 1. The fraction of sp³-hybridized carbons (Fsp3) is 0.0909. The van der Waals surface area contributed by atoms with Crippen molar-refractivity contribution in [1.29, 1.82) is 0 Å². The van der Waals surface area contributed by atoms with E-state index in [1.54, 1.807) is 0 Å². The number of hydrogen-bond donors (Lipinski definition) is 0. The Hall–Kier alpha value is -1.31. The van der Waals surface area contributed by atoms with Crippen molar-refractivity contribution in [2.24, 2.45) is 0 Å². The van der Waals surface area contributed by atoms with Crippen LogP contribution in [-0.2, 0) is 6.54 Å². The van der Waals surface area contributed by atoms with Gasteiger partial charge in [0.15, 0.2) is 11.6 Å². The summed E-state index contributed by atoms with van der Waals surface area (Å²) in [7, 11) is 0. The van der Waals surface area contributed by atoms with Gasteiger partial charge in [0.1, 0.15) is 0 Å². The van der Waals surface area contributed by atoms with E-state index in [-0.39, 0.29) is 12.1 Å². The molecule has 0 N–H and O–H groups in total. The molecule has 3 nitrogen and oxygen atoms in total. The van der Waals surface area contributed by atoms with Crippen molar-refractivity contribution in [3.05, 3.63) is 61.6 Å². The SMILES string of the molecule is O=c1cc(I)cnn1Cc1ccc(F)c(F)c1. The van der Waals surface area contributed by atoms with Gasteiger partial charge in [-0.15, -0.1) is 0 Å². The first-order valence-corrected chi connectivity index (χ1v) is 5.81. The average molecular weight is 348 g/mol. The van der Waals surface area contributed by atoms with Gasteiger partial charge >= 0.3 is 0 Å². The minimum absolute atomic E-state index is 0.118. The highest BCUT2D eigenvalue weighted by Crippen LogP contribution is 2.09. The molecule has 1 aromatic carbocycles. The molecule has 0 saturated carbocycles. The summed E-state index contributed by atoms with van der Waals surface area (Å²) >= 11 is 1.98. The lowest BCUT2D eigenvalue weighted by Crippen LogP contribution is -2.22. The third-order valence-electron chi connectivity index (χ3n) is 2.15. The normalized spacial score (nSPS) is 10.5. The number of halogens is 3. The second kappa shape index (κ2) is 4.91. The molecule has 0 aliphatic rings. The van der Waals surface area contributed by atoms with Gasteiger partial charge < -0.3 is 0 Å². The molecule has 0 radical (unpaired) electrons. The van der Waals surface area contributed by atoms with Crippen LogP contribution in [-0.4, -0.2) is 9.78 Å². The molecule has 0 aliphatic heterocycles. The molecule has 0 fully saturated rings. The molecule has 0 unspecified atom stereocenters. The van der Waals surface area contributed by atoms with E-state index in [1.807, 2.05) is 22.6 Å². The molecule has 1 heterocycles. The highest BCUT2D eigenvalue weighted by atomic mass is 127. The zero-order chi connectivity index (χ0) is 12.4. The van der Waals surface area contributed by atoms with E-state index in [9.17, 15) is 13.6 Å². The second-order valence-electron chi connectivity index (χ2n) is 3.42. The fourth-order valence-corrected chi connectivity index (χ4v) is 1.73. The first-order chi connectivity index (χ1) is 8.06. The maximum absolute atomic E-state index is 13.0. The van der Waals surface area contributed by atoms with Crippen molar-refractivity contribution in [2.75, 3.05) is 0 Å². The molecule has 0 saturated heterocycles. The lowest BCUT2D eigenvalue weighted by atomic mass is 10.2. The van der Waals surface area contributed by atoms with Gasteiger partial charge in [0.05, 0.1) is 12.7 Å². The lowest BCUT2D eigenvalue weighted by molar-refractivity contribution is 0.505. The lowest BCUT2D eigenvalue weighted by Gasteiger charge is -2.04. The quantitative estimate of drug-likeness (QED) is 0.780. The van der Waals surface area contributed by atoms with E-state index in [0.29, 0.717) is 5.56 Å². The van der Waals surface area contributed by atoms with Crippen LogP contribution in [0, 0.1) is 15.2 Å². The van der Waals surface area contributed by atoms with Crippen LogP contribution >= 0.6 is 22.6 Å². The summed E-state index contributed by atoms with van der Waals surface area (Å²) < 4.78 is 27.6. The Balaban J connectivity index is 2.31. The zero-order valence-electron chi connectivity index (χ0n) is 8.53. The Labute approximate surface area is 109 Å². The summed E-state index contributed by atoms with van der Waals surface area (Å²) in [6.07, 6.45) is 1.53. The topological polar surface area (TPSA) is 34.9 Å². The number of nitrogens with zero attached hydrogens (tertiary/aromatic N) is 2. The van der Waals surface area contributed by atoms with E-state index in [4.69, 9.17) is 0 Å². The Morgan fingerprint density at radius 1 is 1.24 bits per heavy atom. The third kappa shape index (κ3) is 2.87. The van der Waals surface area contributed by atoms with Crippen LogP contribution in [0.25, 0.3) is 0 Å². The molecule has 2 aromatic rings. The van der Waals surface area contributed by atoms with E-state index >= 15 is 0 Å². The predicted octanol–water partition coefficient (Wildman–Crippen LogP) is 2.17. The molecule has 17 heavy (non-hydrogen) atoms. The van der Waals surface area contributed by atoms with Gasteiger partial charge in [-0.3, -0.25) is 4.79 Å². The van der Waals surface area contributed by atoms with Gasteiger partial charge in [-0.25, -0.2) is 13.5 Å². The first kappa shape index (κ1) is 12.2. The smallest absolute Gasteiger partial charge is 0.268 e. The zero-order valence-corrected chi connectivity index (χ0v) is 10.7. The molecule has 0 aliphatic carbocycles. The summed E-state index contributed by atoms with van der Waals surface area (Å²) in [6, 6.07) is 4.93. The maximum Gasteiger partial charge on any atom is 0.268 e. The molecular weight excluding hydrogens is 341 g/mol. The molecule has 2 rings (SSSR count). The third-order valence-corrected chi connectivity index (χ3v) is 2.74. The molecule has 0 spiro atoms. The van der Waals surface area contributed by atoms with Crippen molar-refractivity contribution in [2.45, 2.75) is 6.54 Å². The maximum atomic E-state index is 13.0. The van der Waals surface area contributed by atoms with E-state index in [1.165, 1.54) is 23.0 Å². The van der Waals surface area contributed by atoms with Crippen LogP contribution in [0.15, 0.2) is 35.3 Å². The Morgan fingerprint density at radius 3 is 2.65 bits per heavy atom. The number of hydrogen-bond acceptors (Lipinski definition) is 2. The molecule has 0 bridgehead atoms. The summed E-state index contributed by atoms with van der Waals surface area (Å²) in [5, 5.41) is 3.91. The number of aromatic nitrogens is 2. The Bertz CT molecular complexity index is 613. The molecule has 0 amide bonds. The minimum atomic E-state index is -0.930. The standard InChI is InChI=1S/C11H7F2IN2O/c12-9-2-1-7(3-10(9)13)6-16-11(17)4-8(14)5-15-16/h1-5H,6H2. The van der Waals surface area contributed by atoms with Gasteiger partial charge in [0.25, 0.3) is 5.56 Å². The van der Waals surface area contributed by atoms with Gasteiger partial charge in [-0.1, -0.05) is 6.07 Å². The van der Waals surface area contributed by atoms with Gasteiger partial charge in [-0.2, -0.15) is 5.10 Å². The van der Waals surface area contributed by atoms with Crippen molar-refractivity contribution < 1.29 is 8.78 Å². The Kier molecular flexibility index (Phi) is 3.51. The van der Waals surface area contributed by atoms with Crippen LogP contribution in [0.3, 0.4) is 0 Å². The summed E-state index contributed by atoms with van der Waals surface area (Å²) in [5.41, 5.74) is 0.210. The van der Waals surface area contributed by atoms with E-state index < -0.39 is 11.6 Å². The first-order valence-electron chi connectivity index (χ1n) is 4.73. The van der Waals surface area contributed by atoms with Crippen molar-refractivity contribution in [3.63, 3.8) is 0 Å². The van der Waals surface area contributed by atoms with Crippen LogP contribution < -0.4 is 5.56 Å². The van der Waals surface area contributed by atoms with E-state index in [0.717, 1.165) is 15.7 Å². The second-order valence-corrected chi connectivity index (χ2v) is 4.66. The Morgan fingerprint density at radius 2 is 2.00 bits per heavy atom. The average Bonchev–Trinajstić information content (AvgIpc) is 2.27. The summed E-state index contributed by atoms with van der Waals surface area (Å²) in [4.78, 5) is 11.5. The molecule has 0 atom stereocenters. The van der Waals surface area contributed by atoms with Crippen LogP contribution in [0.5, 0.6) is 0 Å². The predicted molar refractivity (Wildman–Crippen MR) is 66.7 cm³/mol. The largest absolute Gasteiger partial charge is 0.268 e.